The lowest BCUT2D eigenvalue weighted by atomic mass is 10.2. The molecule has 0 saturated heterocycles. The first-order chi connectivity index (χ1) is 10.3. The van der Waals surface area contributed by atoms with Gasteiger partial charge in [-0.05, 0) is 18.2 Å². The largest absolute Gasteiger partial charge is 0.333 e. The molecule has 0 bridgehead atoms. The van der Waals surface area contributed by atoms with Crippen molar-refractivity contribution in [3.8, 4) is 0 Å². The maximum absolute atomic E-state index is 4.80. The number of para-hydroxylation sites is 1. The number of imidazole rings is 1. The van der Waals surface area contributed by atoms with Gasteiger partial charge in [-0.3, -0.25) is 0 Å². The van der Waals surface area contributed by atoms with Gasteiger partial charge in [0.2, 0.25) is 0 Å². The average Bonchev–Trinajstić information content (AvgIpc) is 2.91. The standard InChI is InChI=1S/C17H13N3S/c1-20-11-18-15-16(20)13-9-5-6-10-14(13)19-17(15)21-12-7-3-2-4-8-12/h2-11H,1H3. The number of aryl methyl sites for hydroxylation is 1. The molecule has 4 aromatic rings. The summed E-state index contributed by atoms with van der Waals surface area (Å²) in [5.41, 5.74) is 3.11. The van der Waals surface area contributed by atoms with Crippen LogP contribution < -0.4 is 0 Å². The van der Waals surface area contributed by atoms with Crippen LogP contribution in [0.25, 0.3) is 21.9 Å². The Hall–Kier alpha value is -2.33. The molecule has 2 aromatic heterocycles. The van der Waals surface area contributed by atoms with Crippen molar-refractivity contribution in [1.29, 1.82) is 0 Å². The molecule has 0 fully saturated rings. The highest BCUT2D eigenvalue weighted by molar-refractivity contribution is 7.99. The van der Waals surface area contributed by atoms with Crippen molar-refractivity contribution in [2.75, 3.05) is 0 Å². The fourth-order valence-electron chi connectivity index (χ4n) is 2.51. The van der Waals surface area contributed by atoms with E-state index < -0.39 is 0 Å². The summed E-state index contributed by atoms with van der Waals surface area (Å²) in [5.74, 6) is 0. The number of benzene rings is 2. The molecule has 0 atom stereocenters. The van der Waals surface area contributed by atoms with Gasteiger partial charge in [0.1, 0.15) is 10.5 Å². The molecule has 0 unspecified atom stereocenters. The Morgan fingerprint density at radius 3 is 2.57 bits per heavy atom. The molecule has 4 heteroatoms. The number of aromatic nitrogens is 3. The summed E-state index contributed by atoms with van der Waals surface area (Å²) in [5, 5.41) is 2.10. The number of hydrogen-bond acceptors (Lipinski definition) is 3. The van der Waals surface area contributed by atoms with E-state index in [9.17, 15) is 0 Å². The lowest BCUT2D eigenvalue weighted by molar-refractivity contribution is 0.951. The Morgan fingerprint density at radius 2 is 1.71 bits per heavy atom. The van der Waals surface area contributed by atoms with Crippen LogP contribution in [0.5, 0.6) is 0 Å². The first-order valence-corrected chi connectivity index (χ1v) is 7.57. The minimum absolute atomic E-state index is 0.954. The van der Waals surface area contributed by atoms with Crippen molar-refractivity contribution < 1.29 is 0 Å². The molecule has 21 heavy (non-hydrogen) atoms. The summed E-state index contributed by atoms with van der Waals surface area (Å²) >= 11 is 1.66. The van der Waals surface area contributed by atoms with Gasteiger partial charge >= 0.3 is 0 Å². The van der Waals surface area contributed by atoms with E-state index in [0.717, 1.165) is 27.0 Å². The van der Waals surface area contributed by atoms with E-state index in [4.69, 9.17) is 4.98 Å². The van der Waals surface area contributed by atoms with Crippen LogP contribution in [0.4, 0.5) is 0 Å². The maximum Gasteiger partial charge on any atom is 0.129 e. The van der Waals surface area contributed by atoms with Crippen LogP contribution in [0, 0.1) is 0 Å². The molecule has 2 aromatic carbocycles. The monoisotopic (exact) mass is 291 g/mol. The maximum atomic E-state index is 4.80. The Kier molecular flexibility index (Phi) is 2.89. The van der Waals surface area contributed by atoms with E-state index in [2.05, 4.69) is 33.8 Å². The Bertz CT molecular complexity index is 929. The van der Waals surface area contributed by atoms with E-state index in [1.807, 2.05) is 43.7 Å². The zero-order chi connectivity index (χ0) is 14.2. The van der Waals surface area contributed by atoms with E-state index in [1.54, 1.807) is 11.8 Å². The second-order valence-corrected chi connectivity index (χ2v) is 5.96. The number of fused-ring (bicyclic) bond motifs is 3. The second-order valence-electron chi connectivity index (χ2n) is 4.90. The van der Waals surface area contributed by atoms with Crippen LogP contribution in [0.1, 0.15) is 0 Å². The molecule has 4 rings (SSSR count). The van der Waals surface area contributed by atoms with Crippen LogP contribution in [0.15, 0.2) is 70.8 Å². The number of rotatable bonds is 2. The lowest BCUT2D eigenvalue weighted by Crippen LogP contribution is -1.90. The van der Waals surface area contributed by atoms with Gasteiger partial charge in [0, 0.05) is 17.3 Å². The van der Waals surface area contributed by atoms with E-state index in [1.165, 1.54) is 4.90 Å². The van der Waals surface area contributed by atoms with E-state index >= 15 is 0 Å². The van der Waals surface area contributed by atoms with Crippen LogP contribution >= 0.6 is 11.8 Å². The molecule has 0 radical (unpaired) electrons. The van der Waals surface area contributed by atoms with Crippen LogP contribution in [0.2, 0.25) is 0 Å². The summed E-state index contributed by atoms with van der Waals surface area (Å²) in [6.45, 7) is 0. The molecule has 0 saturated carbocycles. The highest BCUT2D eigenvalue weighted by Gasteiger charge is 2.13. The van der Waals surface area contributed by atoms with Gasteiger partial charge in [-0.1, -0.05) is 48.2 Å². The summed E-state index contributed by atoms with van der Waals surface area (Å²) < 4.78 is 2.06. The normalized spacial score (nSPS) is 11.3. The minimum atomic E-state index is 0.954. The third-order valence-electron chi connectivity index (χ3n) is 3.48. The predicted molar refractivity (Wildman–Crippen MR) is 86.6 cm³/mol. The van der Waals surface area contributed by atoms with Crippen molar-refractivity contribution in [3.63, 3.8) is 0 Å². The summed E-state index contributed by atoms with van der Waals surface area (Å²) in [6.07, 6.45) is 1.86. The molecule has 0 N–H and O–H groups in total. The van der Waals surface area contributed by atoms with Crippen LogP contribution in [0.3, 0.4) is 0 Å². The van der Waals surface area contributed by atoms with E-state index in [0.29, 0.717) is 0 Å². The lowest BCUT2D eigenvalue weighted by Gasteiger charge is -2.06. The van der Waals surface area contributed by atoms with Crippen LogP contribution in [-0.4, -0.2) is 14.5 Å². The van der Waals surface area contributed by atoms with Crippen molar-refractivity contribution in [2.24, 2.45) is 7.05 Å². The summed E-state index contributed by atoms with van der Waals surface area (Å²) in [7, 11) is 2.03. The zero-order valence-electron chi connectivity index (χ0n) is 11.5. The summed E-state index contributed by atoms with van der Waals surface area (Å²) in [6, 6.07) is 18.5. The number of nitrogens with zero attached hydrogens (tertiary/aromatic N) is 3. The molecule has 0 spiro atoms. The Morgan fingerprint density at radius 1 is 0.952 bits per heavy atom. The van der Waals surface area contributed by atoms with Crippen LogP contribution in [-0.2, 0) is 7.05 Å². The first kappa shape index (κ1) is 12.4. The highest BCUT2D eigenvalue weighted by Crippen LogP contribution is 2.34. The van der Waals surface area contributed by atoms with Gasteiger partial charge in [0.25, 0.3) is 0 Å². The molecule has 102 valence electrons. The third-order valence-corrected chi connectivity index (χ3v) is 4.46. The highest BCUT2D eigenvalue weighted by atomic mass is 32.2. The average molecular weight is 291 g/mol. The molecular weight excluding hydrogens is 278 g/mol. The smallest absolute Gasteiger partial charge is 0.129 e. The van der Waals surface area contributed by atoms with Gasteiger partial charge in [-0.2, -0.15) is 0 Å². The minimum Gasteiger partial charge on any atom is -0.333 e. The molecule has 0 aliphatic rings. The van der Waals surface area contributed by atoms with Crippen molar-refractivity contribution in [1.82, 2.24) is 14.5 Å². The molecule has 0 aliphatic carbocycles. The predicted octanol–water partition coefficient (Wildman–Crippen LogP) is 4.27. The fraction of sp³-hybridized carbons (Fsp3) is 0.0588. The molecule has 2 heterocycles. The van der Waals surface area contributed by atoms with E-state index in [-0.39, 0.29) is 0 Å². The SMILES string of the molecule is Cn1cnc2c(Sc3ccccc3)nc3ccccc3c21. The van der Waals surface area contributed by atoms with Crippen molar-refractivity contribution >= 4 is 33.7 Å². The number of pyridine rings is 1. The Balaban J connectivity index is 1.99. The topological polar surface area (TPSA) is 30.7 Å². The van der Waals surface area contributed by atoms with Gasteiger partial charge < -0.3 is 4.57 Å². The van der Waals surface area contributed by atoms with Gasteiger partial charge in [-0.25, -0.2) is 9.97 Å². The molecule has 0 amide bonds. The first-order valence-electron chi connectivity index (χ1n) is 6.75. The summed E-state index contributed by atoms with van der Waals surface area (Å²) in [4.78, 5) is 10.5. The fourth-order valence-corrected chi connectivity index (χ4v) is 3.42. The molecule has 0 aliphatic heterocycles. The van der Waals surface area contributed by atoms with Crippen molar-refractivity contribution in [3.05, 3.63) is 60.9 Å². The molecular formula is C17H13N3S. The van der Waals surface area contributed by atoms with Crippen molar-refractivity contribution in [2.45, 2.75) is 9.92 Å². The number of hydrogen-bond donors (Lipinski definition) is 0. The van der Waals surface area contributed by atoms with Gasteiger partial charge in [0.05, 0.1) is 17.4 Å². The molecule has 3 nitrogen and oxygen atoms in total. The zero-order valence-corrected chi connectivity index (χ0v) is 12.3. The van der Waals surface area contributed by atoms with Gasteiger partial charge in [-0.15, -0.1) is 0 Å². The quantitative estimate of drug-likeness (QED) is 0.552. The van der Waals surface area contributed by atoms with Gasteiger partial charge in [0.15, 0.2) is 0 Å². The second kappa shape index (κ2) is 4.90. The third kappa shape index (κ3) is 2.08. The Labute approximate surface area is 126 Å².